The van der Waals surface area contributed by atoms with Gasteiger partial charge in [0.25, 0.3) is 0 Å². The molecule has 2 rings (SSSR count). The molecule has 1 unspecified atom stereocenters. The van der Waals surface area contributed by atoms with Crippen LogP contribution in [0.4, 0.5) is 13.2 Å². The number of aryl methyl sites for hydroxylation is 1. The Balaban J connectivity index is 1.94. The molecule has 136 valence electrons. The molecule has 1 atom stereocenters. The van der Waals surface area contributed by atoms with E-state index >= 15 is 0 Å². The van der Waals surface area contributed by atoms with Gasteiger partial charge in [-0.05, 0) is 12.3 Å². The molecule has 1 aromatic heterocycles. The molecule has 2 N–H and O–H groups in total. The van der Waals surface area contributed by atoms with Crippen LogP contribution in [0.25, 0.3) is 0 Å². The minimum absolute atomic E-state index is 0.331. The fraction of sp³-hybridized carbons (Fsp3) is 0.750. The molecule has 0 aliphatic heterocycles. The number of aromatic nitrogens is 2. The van der Waals surface area contributed by atoms with Gasteiger partial charge in [-0.15, -0.1) is 0 Å². The third-order valence-electron chi connectivity index (χ3n) is 4.68. The molecule has 8 heteroatoms. The van der Waals surface area contributed by atoms with Crippen molar-refractivity contribution in [1.29, 1.82) is 0 Å². The minimum atomic E-state index is -4.99. The van der Waals surface area contributed by atoms with E-state index in [1.807, 2.05) is 0 Å². The molecule has 1 amide bonds. The Kier molecular flexibility index (Phi) is 5.90. The van der Waals surface area contributed by atoms with Gasteiger partial charge in [0.1, 0.15) is 0 Å². The zero-order chi connectivity index (χ0) is 17.8. The van der Waals surface area contributed by atoms with E-state index in [0.717, 1.165) is 30.0 Å². The summed E-state index contributed by atoms with van der Waals surface area (Å²) in [6.45, 7) is 0.331. The normalized spacial score (nSPS) is 19.0. The number of aliphatic hydroxyl groups is 1. The number of imidazole rings is 1. The Bertz CT molecular complexity index is 553. The standard InChI is InChI=1S/C16H24F3N3O2/c1-22-10-9-21-14(22)15(24,16(17,18)19)11-13(23)20-8-7-12-5-3-2-4-6-12/h9-10,12,24H,2-8,11H2,1H3,(H,20,23). The molecule has 0 radical (unpaired) electrons. The van der Waals surface area contributed by atoms with Gasteiger partial charge < -0.3 is 15.0 Å². The maximum atomic E-state index is 13.3. The molecule has 0 saturated heterocycles. The van der Waals surface area contributed by atoms with Crippen LogP contribution < -0.4 is 5.32 Å². The predicted molar refractivity (Wildman–Crippen MR) is 82.0 cm³/mol. The quantitative estimate of drug-likeness (QED) is 0.831. The zero-order valence-corrected chi connectivity index (χ0v) is 13.8. The fourth-order valence-corrected chi connectivity index (χ4v) is 3.26. The lowest BCUT2D eigenvalue weighted by molar-refractivity contribution is -0.271. The maximum Gasteiger partial charge on any atom is 0.425 e. The molecule has 5 nitrogen and oxygen atoms in total. The molecule has 1 aliphatic carbocycles. The van der Waals surface area contributed by atoms with E-state index in [1.165, 1.54) is 32.5 Å². The van der Waals surface area contributed by atoms with Gasteiger partial charge in [0.15, 0.2) is 5.82 Å². The second-order valence-electron chi connectivity index (χ2n) is 6.54. The summed E-state index contributed by atoms with van der Waals surface area (Å²) in [5.74, 6) is -0.888. The van der Waals surface area contributed by atoms with E-state index in [-0.39, 0.29) is 0 Å². The van der Waals surface area contributed by atoms with Crippen LogP contribution in [0.15, 0.2) is 12.4 Å². The van der Waals surface area contributed by atoms with Crippen molar-refractivity contribution >= 4 is 5.91 Å². The zero-order valence-electron chi connectivity index (χ0n) is 13.8. The topological polar surface area (TPSA) is 67.1 Å². The van der Waals surface area contributed by atoms with Crippen LogP contribution >= 0.6 is 0 Å². The average Bonchev–Trinajstić information content (AvgIpc) is 2.93. The Hall–Kier alpha value is -1.57. The lowest BCUT2D eigenvalue weighted by atomic mass is 9.87. The van der Waals surface area contributed by atoms with Gasteiger partial charge in [-0.2, -0.15) is 13.2 Å². The summed E-state index contributed by atoms with van der Waals surface area (Å²) in [5, 5.41) is 12.6. The van der Waals surface area contributed by atoms with Gasteiger partial charge in [-0.1, -0.05) is 32.1 Å². The average molecular weight is 347 g/mol. The van der Waals surface area contributed by atoms with E-state index in [1.54, 1.807) is 0 Å². The maximum absolute atomic E-state index is 13.3. The number of halogens is 3. The molecule has 0 spiro atoms. The molecular formula is C16H24F3N3O2. The van der Waals surface area contributed by atoms with Crippen molar-refractivity contribution < 1.29 is 23.1 Å². The smallest absolute Gasteiger partial charge is 0.374 e. The van der Waals surface area contributed by atoms with E-state index < -0.39 is 29.9 Å². The Morgan fingerprint density at radius 2 is 2.04 bits per heavy atom. The summed E-state index contributed by atoms with van der Waals surface area (Å²) in [5.41, 5.74) is -3.29. The Labute approximate surface area is 139 Å². The Morgan fingerprint density at radius 1 is 1.38 bits per heavy atom. The highest BCUT2D eigenvalue weighted by molar-refractivity contribution is 5.77. The third-order valence-corrected chi connectivity index (χ3v) is 4.68. The number of rotatable bonds is 6. The SMILES string of the molecule is Cn1ccnc1C(O)(CC(=O)NCCC1CCCCC1)C(F)(F)F. The molecule has 0 bridgehead atoms. The van der Waals surface area contributed by atoms with Gasteiger partial charge in [0.2, 0.25) is 11.5 Å². The van der Waals surface area contributed by atoms with Crippen LogP contribution in [0.1, 0.15) is 50.8 Å². The summed E-state index contributed by atoms with van der Waals surface area (Å²) < 4.78 is 41.1. The number of hydrogen-bond acceptors (Lipinski definition) is 3. The molecule has 1 fully saturated rings. The first-order chi connectivity index (χ1) is 11.2. The molecule has 24 heavy (non-hydrogen) atoms. The largest absolute Gasteiger partial charge is 0.425 e. The van der Waals surface area contributed by atoms with Crippen molar-refractivity contribution in [2.75, 3.05) is 6.54 Å². The van der Waals surface area contributed by atoms with Crippen molar-refractivity contribution in [3.8, 4) is 0 Å². The van der Waals surface area contributed by atoms with E-state index in [2.05, 4.69) is 10.3 Å². The summed E-state index contributed by atoms with van der Waals surface area (Å²) in [6, 6.07) is 0. The number of carbonyl (C=O) groups is 1. The summed E-state index contributed by atoms with van der Waals surface area (Å²) >= 11 is 0. The van der Waals surface area contributed by atoms with Gasteiger partial charge >= 0.3 is 6.18 Å². The van der Waals surface area contributed by atoms with Gasteiger partial charge in [-0.25, -0.2) is 4.98 Å². The highest BCUT2D eigenvalue weighted by Gasteiger charge is 2.58. The van der Waals surface area contributed by atoms with Gasteiger partial charge in [0, 0.05) is 26.0 Å². The van der Waals surface area contributed by atoms with Crippen molar-refractivity contribution in [1.82, 2.24) is 14.9 Å². The minimum Gasteiger partial charge on any atom is -0.374 e. The van der Waals surface area contributed by atoms with Crippen LogP contribution in [0, 0.1) is 5.92 Å². The first kappa shape index (κ1) is 18.8. The first-order valence-corrected chi connectivity index (χ1v) is 8.27. The summed E-state index contributed by atoms with van der Waals surface area (Å²) in [6.07, 6.45) is 2.92. The highest BCUT2D eigenvalue weighted by atomic mass is 19.4. The summed E-state index contributed by atoms with van der Waals surface area (Å²) in [4.78, 5) is 15.5. The first-order valence-electron chi connectivity index (χ1n) is 8.27. The highest BCUT2D eigenvalue weighted by Crippen LogP contribution is 2.40. The number of carbonyl (C=O) groups excluding carboxylic acids is 1. The molecule has 1 aromatic rings. The molecular weight excluding hydrogens is 323 g/mol. The van der Waals surface area contributed by atoms with E-state index in [0.29, 0.717) is 12.5 Å². The second kappa shape index (κ2) is 7.55. The monoisotopic (exact) mass is 347 g/mol. The van der Waals surface area contributed by atoms with Crippen LogP contribution in [0.3, 0.4) is 0 Å². The number of nitrogens with one attached hydrogen (secondary N) is 1. The number of amides is 1. The molecule has 1 saturated carbocycles. The lowest BCUT2D eigenvalue weighted by Gasteiger charge is -2.29. The van der Waals surface area contributed by atoms with Crippen molar-refractivity contribution in [3.05, 3.63) is 18.2 Å². The van der Waals surface area contributed by atoms with Crippen LogP contribution in [-0.2, 0) is 17.4 Å². The van der Waals surface area contributed by atoms with E-state index in [4.69, 9.17) is 0 Å². The number of nitrogens with zero attached hydrogens (tertiary/aromatic N) is 2. The fourth-order valence-electron chi connectivity index (χ4n) is 3.26. The van der Waals surface area contributed by atoms with Crippen LogP contribution in [0.5, 0.6) is 0 Å². The van der Waals surface area contributed by atoms with Gasteiger partial charge in [0.05, 0.1) is 6.42 Å². The molecule has 0 aromatic carbocycles. The Morgan fingerprint density at radius 3 is 2.58 bits per heavy atom. The van der Waals surface area contributed by atoms with Gasteiger partial charge in [-0.3, -0.25) is 4.79 Å². The second-order valence-corrected chi connectivity index (χ2v) is 6.54. The summed E-state index contributed by atoms with van der Waals surface area (Å²) in [7, 11) is 1.35. The van der Waals surface area contributed by atoms with Crippen molar-refractivity contribution in [2.24, 2.45) is 13.0 Å². The predicted octanol–water partition coefficient (Wildman–Crippen LogP) is 2.65. The number of hydrogen-bond donors (Lipinski definition) is 2. The van der Waals surface area contributed by atoms with Crippen molar-refractivity contribution in [2.45, 2.75) is 56.7 Å². The van der Waals surface area contributed by atoms with Crippen LogP contribution in [0.2, 0.25) is 0 Å². The van der Waals surface area contributed by atoms with Crippen LogP contribution in [-0.4, -0.2) is 33.3 Å². The molecule has 1 aliphatic rings. The van der Waals surface area contributed by atoms with E-state index in [9.17, 15) is 23.1 Å². The third kappa shape index (κ3) is 4.28. The van der Waals surface area contributed by atoms with Crippen molar-refractivity contribution in [3.63, 3.8) is 0 Å². The number of alkyl halides is 3. The molecule has 1 heterocycles. The lowest BCUT2D eigenvalue weighted by Crippen LogP contribution is -2.48.